The summed E-state index contributed by atoms with van der Waals surface area (Å²) in [6, 6.07) is 16.2. The number of nitrogens with zero attached hydrogens (tertiary/aromatic N) is 2. The molecule has 0 aliphatic rings. The highest BCUT2D eigenvalue weighted by Crippen LogP contribution is 2.28. The van der Waals surface area contributed by atoms with Crippen molar-refractivity contribution < 1.29 is 19.2 Å². The molecule has 3 aromatic rings. The van der Waals surface area contributed by atoms with Gasteiger partial charge < -0.3 is 14.6 Å². The fourth-order valence-corrected chi connectivity index (χ4v) is 2.84. The summed E-state index contributed by atoms with van der Waals surface area (Å²) in [6.07, 6.45) is 0.406. The summed E-state index contributed by atoms with van der Waals surface area (Å²) in [7, 11) is 1.68. The van der Waals surface area contributed by atoms with Gasteiger partial charge in [0.05, 0.1) is 4.92 Å². The lowest BCUT2D eigenvalue weighted by molar-refractivity contribution is -0.384. The largest absolute Gasteiger partial charge is 0.443 e. The number of aromatic nitrogens is 1. The standard InChI is InChI=1S/C21H19N3O5/c1-14-10-11-16(18(13-14)24(27)28)22-20(25)19(15-7-4-3-5-8-15)29-21(26)17-9-6-12-23(17)2/h3-13,19H,1-2H3,(H,22,25)/t19-/m1/s1. The number of hydrogen-bond donors (Lipinski definition) is 1. The zero-order valence-electron chi connectivity index (χ0n) is 15.9. The molecule has 0 saturated heterocycles. The number of hydrogen-bond acceptors (Lipinski definition) is 5. The van der Waals surface area contributed by atoms with E-state index >= 15 is 0 Å². The summed E-state index contributed by atoms with van der Waals surface area (Å²) in [5, 5.41) is 13.9. The zero-order chi connectivity index (χ0) is 21.0. The molecule has 1 atom stereocenters. The number of nitrogens with one attached hydrogen (secondary N) is 1. The number of carbonyl (C=O) groups is 2. The highest BCUT2D eigenvalue weighted by molar-refractivity contribution is 5.99. The summed E-state index contributed by atoms with van der Waals surface area (Å²) >= 11 is 0. The molecular weight excluding hydrogens is 374 g/mol. The fourth-order valence-electron chi connectivity index (χ4n) is 2.84. The topological polar surface area (TPSA) is 103 Å². The number of ether oxygens (including phenoxy) is 1. The molecule has 1 amide bonds. The maximum atomic E-state index is 12.9. The van der Waals surface area contributed by atoms with E-state index < -0.39 is 22.9 Å². The smallest absolute Gasteiger partial charge is 0.356 e. The van der Waals surface area contributed by atoms with E-state index in [1.54, 1.807) is 73.3 Å². The molecule has 0 saturated carbocycles. The van der Waals surface area contributed by atoms with E-state index in [1.807, 2.05) is 0 Å². The molecule has 0 radical (unpaired) electrons. The number of carbonyl (C=O) groups excluding carboxylic acids is 2. The SMILES string of the molecule is Cc1ccc(NC(=O)[C@H](OC(=O)c2cccn2C)c2ccccc2)c([N+](=O)[O-])c1. The van der Waals surface area contributed by atoms with Gasteiger partial charge in [0.2, 0.25) is 6.10 Å². The Bertz CT molecular complexity index is 1060. The third-order valence-electron chi connectivity index (χ3n) is 4.33. The lowest BCUT2D eigenvalue weighted by Gasteiger charge is -2.18. The normalized spacial score (nSPS) is 11.5. The molecule has 2 aromatic carbocycles. The second-order valence-corrected chi connectivity index (χ2v) is 6.47. The van der Waals surface area contributed by atoms with E-state index in [2.05, 4.69) is 5.32 Å². The van der Waals surface area contributed by atoms with Crippen LogP contribution in [0.25, 0.3) is 0 Å². The van der Waals surface area contributed by atoms with Crippen LogP contribution in [0.15, 0.2) is 66.9 Å². The summed E-state index contributed by atoms with van der Waals surface area (Å²) in [4.78, 5) is 36.3. The molecule has 0 unspecified atom stereocenters. The molecule has 0 aliphatic heterocycles. The van der Waals surface area contributed by atoms with Crippen molar-refractivity contribution in [2.75, 3.05) is 5.32 Å². The molecule has 0 aliphatic carbocycles. The van der Waals surface area contributed by atoms with Crippen LogP contribution in [0, 0.1) is 17.0 Å². The number of rotatable bonds is 6. The first-order chi connectivity index (χ1) is 13.9. The molecule has 148 valence electrons. The van der Waals surface area contributed by atoms with Crippen LogP contribution in [0.4, 0.5) is 11.4 Å². The maximum absolute atomic E-state index is 12.9. The maximum Gasteiger partial charge on any atom is 0.356 e. The van der Waals surface area contributed by atoms with Gasteiger partial charge >= 0.3 is 5.97 Å². The molecule has 3 rings (SSSR count). The van der Waals surface area contributed by atoms with Crippen LogP contribution in [-0.2, 0) is 16.6 Å². The van der Waals surface area contributed by atoms with Crippen molar-refractivity contribution in [1.82, 2.24) is 4.57 Å². The van der Waals surface area contributed by atoms with Crippen molar-refractivity contribution in [3.8, 4) is 0 Å². The molecule has 1 heterocycles. The fraction of sp³-hybridized carbons (Fsp3) is 0.143. The zero-order valence-corrected chi connectivity index (χ0v) is 15.9. The molecule has 8 heteroatoms. The first-order valence-electron chi connectivity index (χ1n) is 8.80. The Kier molecular flexibility index (Phi) is 5.73. The van der Waals surface area contributed by atoms with Crippen LogP contribution >= 0.6 is 0 Å². The number of nitro benzene ring substituents is 1. The highest BCUT2D eigenvalue weighted by atomic mass is 16.6. The van der Waals surface area contributed by atoms with Crippen molar-refractivity contribution in [1.29, 1.82) is 0 Å². The van der Waals surface area contributed by atoms with Gasteiger partial charge in [0, 0.05) is 24.9 Å². The van der Waals surface area contributed by atoms with Gasteiger partial charge in [-0.15, -0.1) is 0 Å². The first-order valence-corrected chi connectivity index (χ1v) is 8.80. The van der Waals surface area contributed by atoms with Crippen molar-refractivity contribution in [3.05, 3.63) is 93.8 Å². The van der Waals surface area contributed by atoms with E-state index in [1.165, 1.54) is 12.1 Å². The molecule has 0 bridgehead atoms. The quantitative estimate of drug-likeness (QED) is 0.390. The molecule has 29 heavy (non-hydrogen) atoms. The Morgan fingerprint density at radius 2 is 1.83 bits per heavy atom. The second kappa shape index (κ2) is 8.39. The third-order valence-corrected chi connectivity index (χ3v) is 4.33. The van der Waals surface area contributed by atoms with Crippen molar-refractivity contribution in [2.24, 2.45) is 7.05 Å². The second-order valence-electron chi connectivity index (χ2n) is 6.47. The minimum Gasteiger partial charge on any atom is -0.443 e. The molecule has 1 aromatic heterocycles. The number of benzene rings is 2. The number of nitro groups is 1. The van der Waals surface area contributed by atoms with Crippen LogP contribution in [0.1, 0.15) is 27.7 Å². The average molecular weight is 393 g/mol. The van der Waals surface area contributed by atoms with E-state index in [0.29, 0.717) is 11.1 Å². The Balaban J connectivity index is 1.91. The first kappa shape index (κ1) is 19.8. The van der Waals surface area contributed by atoms with Gasteiger partial charge in [0.1, 0.15) is 11.4 Å². The van der Waals surface area contributed by atoms with E-state index in [-0.39, 0.29) is 17.1 Å². The van der Waals surface area contributed by atoms with Gasteiger partial charge in [0.15, 0.2) is 0 Å². The van der Waals surface area contributed by atoms with Gasteiger partial charge in [-0.1, -0.05) is 36.4 Å². The average Bonchev–Trinajstić information content (AvgIpc) is 3.13. The summed E-state index contributed by atoms with van der Waals surface area (Å²) in [5.74, 6) is -1.37. The summed E-state index contributed by atoms with van der Waals surface area (Å²) in [6.45, 7) is 1.72. The van der Waals surface area contributed by atoms with Gasteiger partial charge in [-0.3, -0.25) is 14.9 Å². The molecule has 1 N–H and O–H groups in total. The van der Waals surface area contributed by atoms with E-state index in [9.17, 15) is 19.7 Å². The minimum absolute atomic E-state index is 0.0291. The Hall–Kier alpha value is -3.94. The van der Waals surface area contributed by atoms with Crippen LogP contribution in [-0.4, -0.2) is 21.4 Å². The monoisotopic (exact) mass is 393 g/mol. The Morgan fingerprint density at radius 1 is 1.10 bits per heavy atom. The lowest BCUT2D eigenvalue weighted by Crippen LogP contribution is -2.26. The number of anilines is 1. The van der Waals surface area contributed by atoms with Gasteiger partial charge in [-0.25, -0.2) is 4.79 Å². The number of amides is 1. The molecule has 0 fully saturated rings. The molecular formula is C21H19N3O5. The molecule has 8 nitrogen and oxygen atoms in total. The van der Waals surface area contributed by atoms with Gasteiger partial charge in [-0.05, 0) is 30.7 Å². The Morgan fingerprint density at radius 3 is 2.45 bits per heavy atom. The van der Waals surface area contributed by atoms with Gasteiger partial charge in [-0.2, -0.15) is 0 Å². The van der Waals surface area contributed by atoms with E-state index in [0.717, 1.165) is 0 Å². The summed E-state index contributed by atoms with van der Waals surface area (Å²) in [5.41, 5.74) is 1.20. The number of esters is 1. The predicted octanol–water partition coefficient (Wildman–Crippen LogP) is 3.78. The third kappa shape index (κ3) is 4.49. The highest BCUT2D eigenvalue weighted by Gasteiger charge is 2.28. The lowest BCUT2D eigenvalue weighted by atomic mass is 10.1. The van der Waals surface area contributed by atoms with Crippen molar-refractivity contribution >= 4 is 23.3 Å². The molecule has 0 spiro atoms. The number of aryl methyl sites for hydroxylation is 2. The van der Waals surface area contributed by atoms with Crippen LogP contribution < -0.4 is 5.32 Å². The Labute approximate surface area is 166 Å². The van der Waals surface area contributed by atoms with Crippen LogP contribution in [0.2, 0.25) is 0 Å². The van der Waals surface area contributed by atoms with Crippen LogP contribution in [0.5, 0.6) is 0 Å². The summed E-state index contributed by atoms with van der Waals surface area (Å²) < 4.78 is 7.05. The van der Waals surface area contributed by atoms with Crippen molar-refractivity contribution in [3.63, 3.8) is 0 Å². The van der Waals surface area contributed by atoms with Crippen LogP contribution in [0.3, 0.4) is 0 Å². The van der Waals surface area contributed by atoms with Gasteiger partial charge in [0.25, 0.3) is 11.6 Å². The van der Waals surface area contributed by atoms with E-state index in [4.69, 9.17) is 4.74 Å². The minimum atomic E-state index is -1.28. The predicted molar refractivity (Wildman–Crippen MR) is 106 cm³/mol. The van der Waals surface area contributed by atoms with Crippen molar-refractivity contribution in [2.45, 2.75) is 13.0 Å².